The van der Waals surface area contributed by atoms with Gasteiger partial charge in [-0.05, 0) is 38.2 Å². The number of hydrogen-bond donors (Lipinski definition) is 1. The van der Waals surface area contributed by atoms with Crippen molar-refractivity contribution in [3.63, 3.8) is 0 Å². The number of rotatable bonds is 4. The van der Waals surface area contributed by atoms with Gasteiger partial charge >= 0.3 is 0 Å². The van der Waals surface area contributed by atoms with Gasteiger partial charge in [-0.2, -0.15) is 0 Å². The first kappa shape index (κ1) is 13.6. The lowest BCUT2D eigenvalue weighted by molar-refractivity contribution is 0.0961. The normalized spacial score (nSPS) is 21.9. The van der Waals surface area contributed by atoms with E-state index in [2.05, 4.69) is 31.4 Å². The first-order chi connectivity index (χ1) is 8.44. The average molecular weight is 251 g/mol. The van der Waals surface area contributed by atoms with Crippen molar-refractivity contribution in [2.45, 2.75) is 53.2 Å². The summed E-state index contributed by atoms with van der Waals surface area (Å²) in [6.07, 6.45) is 1.59. The molecule has 0 bridgehead atoms. The van der Waals surface area contributed by atoms with Crippen LogP contribution in [0.3, 0.4) is 0 Å². The molecule has 0 saturated heterocycles. The minimum absolute atomic E-state index is 0.181. The van der Waals surface area contributed by atoms with E-state index in [0.717, 1.165) is 38.2 Å². The molecule has 3 nitrogen and oxygen atoms in total. The molecule has 0 radical (unpaired) electrons. The number of aryl methyl sites for hydroxylation is 1. The summed E-state index contributed by atoms with van der Waals surface area (Å²) in [5.41, 5.74) is 3.84. The van der Waals surface area contributed by atoms with Crippen LogP contribution in [-0.2, 0) is 17.7 Å². The molecule has 18 heavy (non-hydrogen) atoms. The minimum Gasteiger partial charge on any atom is -0.388 e. The van der Waals surface area contributed by atoms with Crippen molar-refractivity contribution in [2.75, 3.05) is 13.2 Å². The number of ether oxygens (including phenoxy) is 1. The van der Waals surface area contributed by atoms with E-state index in [9.17, 15) is 5.11 Å². The lowest BCUT2D eigenvalue weighted by atomic mass is 9.75. The predicted octanol–water partition coefficient (Wildman–Crippen LogP) is 2.84. The molecule has 1 atom stereocenters. The Balaban J connectivity index is 2.26. The van der Waals surface area contributed by atoms with Crippen molar-refractivity contribution in [1.29, 1.82) is 0 Å². The van der Waals surface area contributed by atoms with Gasteiger partial charge in [0.15, 0.2) is 0 Å². The molecule has 1 N–H and O–H groups in total. The third-order valence-corrected chi connectivity index (χ3v) is 3.86. The molecule has 102 valence electrons. The number of aromatic nitrogens is 1. The van der Waals surface area contributed by atoms with Crippen molar-refractivity contribution in [3.05, 3.63) is 23.0 Å². The van der Waals surface area contributed by atoms with Gasteiger partial charge < -0.3 is 14.4 Å². The van der Waals surface area contributed by atoms with E-state index < -0.39 is 0 Å². The van der Waals surface area contributed by atoms with Crippen molar-refractivity contribution in [3.8, 4) is 0 Å². The molecule has 1 heterocycles. The molecule has 0 amide bonds. The molecular formula is C15H25NO2. The summed E-state index contributed by atoms with van der Waals surface area (Å²) in [6, 6.07) is 2.14. The van der Waals surface area contributed by atoms with E-state index in [4.69, 9.17) is 4.74 Å². The van der Waals surface area contributed by atoms with Crippen LogP contribution >= 0.6 is 0 Å². The quantitative estimate of drug-likeness (QED) is 0.835. The summed E-state index contributed by atoms with van der Waals surface area (Å²) in [7, 11) is 0. The zero-order chi connectivity index (χ0) is 13.3. The number of aliphatic hydroxyl groups excluding tert-OH is 1. The fourth-order valence-corrected chi connectivity index (χ4v) is 3.01. The Morgan fingerprint density at radius 3 is 2.89 bits per heavy atom. The minimum atomic E-state index is -0.309. The maximum atomic E-state index is 10.3. The Morgan fingerprint density at radius 1 is 1.50 bits per heavy atom. The molecule has 0 saturated carbocycles. The Kier molecular flexibility index (Phi) is 3.83. The summed E-state index contributed by atoms with van der Waals surface area (Å²) in [4.78, 5) is 0. The maximum absolute atomic E-state index is 10.3. The van der Waals surface area contributed by atoms with Gasteiger partial charge in [0.2, 0.25) is 0 Å². The number of hydrogen-bond acceptors (Lipinski definition) is 2. The molecule has 1 aromatic heterocycles. The van der Waals surface area contributed by atoms with Gasteiger partial charge in [0.25, 0.3) is 0 Å². The maximum Gasteiger partial charge on any atom is 0.0812 e. The Hall–Kier alpha value is -0.800. The topological polar surface area (TPSA) is 34.4 Å². The van der Waals surface area contributed by atoms with Gasteiger partial charge in [0.05, 0.1) is 12.7 Å². The monoisotopic (exact) mass is 251 g/mol. The first-order valence-electron chi connectivity index (χ1n) is 6.89. The summed E-state index contributed by atoms with van der Waals surface area (Å²) >= 11 is 0. The fourth-order valence-electron chi connectivity index (χ4n) is 3.01. The van der Waals surface area contributed by atoms with Crippen LogP contribution in [0.4, 0.5) is 0 Å². The second-order valence-corrected chi connectivity index (χ2v) is 6.10. The molecule has 1 aromatic rings. The summed E-state index contributed by atoms with van der Waals surface area (Å²) < 4.78 is 7.76. The van der Waals surface area contributed by atoms with E-state index in [0.29, 0.717) is 0 Å². The molecule has 2 rings (SSSR count). The van der Waals surface area contributed by atoms with Gasteiger partial charge in [0.1, 0.15) is 0 Å². The molecule has 0 aromatic carbocycles. The summed E-state index contributed by atoms with van der Waals surface area (Å²) in [5.74, 6) is 0. The van der Waals surface area contributed by atoms with E-state index >= 15 is 0 Å². The van der Waals surface area contributed by atoms with E-state index in [1.807, 2.05) is 6.92 Å². The second-order valence-electron chi connectivity index (χ2n) is 6.10. The highest BCUT2D eigenvalue weighted by molar-refractivity contribution is 5.33. The Morgan fingerprint density at radius 2 is 2.22 bits per heavy atom. The zero-order valence-corrected chi connectivity index (χ0v) is 12.0. The van der Waals surface area contributed by atoms with E-state index in [1.165, 1.54) is 11.4 Å². The van der Waals surface area contributed by atoms with Gasteiger partial charge in [-0.15, -0.1) is 0 Å². The molecular weight excluding hydrogens is 226 g/mol. The Labute approximate surface area is 110 Å². The SMILES string of the molecule is CCOCCn1c(C)cc2c1CC(C)(C)CC2O. The third-order valence-electron chi connectivity index (χ3n) is 3.86. The van der Waals surface area contributed by atoms with Gasteiger partial charge in [0, 0.05) is 30.1 Å². The highest BCUT2D eigenvalue weighted by Gasteiger charge is 2.33. The molecule has 3 heteroatoms. The van der Waals surface area contributed by atoms with Crippen LogP contribution in [0.25, 0.3) is 0 Å². The first-order valence-corrected chi connectivity index (χ1v) is 6.89. The Bertz CT molecular complexity index is 420. The number of fused-ring (bicyclic) bond motifs is 1. The van der Waals surface area contributed by atoms with Gasteiger partial charge in [-0.1, -0.05) is 13.8 Å². The van der Waals surface area contributed by atoms with Gasteiger partial charge in [-0.3, -0.25) is 0 Å². The molecule has 0 aliphatic heterocycles. The zero-order valence-electron chi connectivity index (χ0n) is 12.0. The third kappa shape index (κ3) is 2.62. The highest BCUT2D eigenvalue weighted by Crippen LogP contribution is 2.41. The second kappa shape index (κ2) is 5.06. The smallest absolute Gasteiger partial charge is 0.0812 e. The lowest BCUT2D eigenvalue weighted by Gasteiger charge is -2.34. The molecule has 0 spiro atoms. The fraction of sp³-hybridized carbons (Fsp3) is 0.733. The lowest BCUT2D eigenvalue weighted by Crippen LogP contribution is -2.27. The van der Waals surface area contributed by atoms with Crippen LogP contribution in [-0.4, -0.2) is 22.9 Å². The van der Waals surface area contributed by atoms with Crippen LogP contribution in [0.5, 0.6) is 0 Å². The van der Waals surface area contributed by atoms with Crippen molar-refractivity contribution >= 4 is 0 Å². The molecule has 1 aliphatic carbocycles. The summed E-state index contributed by atoms with van der Waals surface area (Å²) in [6.45, 7) is 11.0. The van der Waals surface area contributed by atoms with Gasteiger partial charge in [-0.25, -0.2) is 0 Å². The van der Waals surface area contributed by atoms with Crippen molar-refractivity contribution in [1.82, 2.24) is 4.57 Å². The van der Waals surface area contributed by atoms with Crippen LogP contribution in [0.1, 0.15) is 50.2 Å². The van der Waals surface area contributed by atoms with Crippen LogP contribution in [0, 0.1) is 12.3 Å². The summed E-state index contributed by atoms with van der Waals surface area (Å²) in [5, 5.41) is 10.3. The van der Waals surface area contributed by atoms with Crippen molar-refractivity contribution in [2.24, 2.45) is 5.41 Å². The molecule has 0 fully saturated rings. The average Bonchev–Trinajstić information content (AvgIpc) is 2.56. The standard InChI is InChI=1S/C15H25NO2/c1-5-18-7-6-16-11(2)8-12-13(16)9-15(3,4)10-14(12)17/h8,14,17H,5-7,9-10H2,1-4H3. The molecule has 1 unspecified atom stereocenters. The highest BCUT2D eigenvalue weighted by atomic mass is 16.5. The molecule has 1 aliphatic rings. The van der Waals surface area contributed by atoms with E-state index in [1.54, 1.807) is 0 Å². The van der Waals surface area contributed by atoms with Crippen LogP contribution < -0.4 is 0 Å². The van der Waals surface area contributed by atoms with Crippen molar-refractivity contribution < 1.29 is 9.84 Å². The number of nitrogens with zero attached hydrogens (tertiary/aromatic N) is 1. The largest absolute Gasteiger partial charge is 0.388 e. The number of aliphatic hydroxyl groups is 1. The van der Waals surface area contributed by atoms with Crippen LogP contribution in [0.2, 0.25) is 0 Å². The predicted molar refractivity (Wildman–Crippen MR) is 72.7 cm³/mol. The van der Waals surface area contributed by atoms with Crippen LogP contribution in [0.15, 0.2) is 6.07 Å². The van der Waals surface area contributed by atoms with E-state index in [-0.39, 0.29) is 11.5 Å².